The minimum absolute atomic E-state index is 0.0170. The van der Waals surface area contributed by atoms with E-state index >= 15 is 0 Å². The molecule has 3 heteroatoms. The van der Waals surface area contributed by atoms with Crippen molar-refractivity contribution in [3.8, 4) is 11.1 Å². The topological polar surface area (TPSA) is 49.3 Å². The summed E-state index contributed by atoms with van der Waals surface area (Å²) >= 11 is 0. The molecule has 1 aliphatic carbocycles. The van der Waals surface area contributed by atoms with Gasteiger partial charge in [0, 0.05) is 12.5 Å². The van der Waals surface area contributed by atoms with Crippen molar-refractivity contribution in [1.29, 1.82) is 0 Å². The highest BCUT2D eigenvalue weighted by atomic mass is 16.4. The largest absolute Gasteiger partial charge is 0.480 e. The van der Waals surface area contributed by atoms with Crippen molar-refractivity contribution in [3.63, 3.8) is 0 Å². The molecule has 42 heavy (non-hydrogen) atoms. The Kier molecular flexibility index (Phi) is 5.80. The zero-order valence-electron chi connectivity index (χ0n) is 23.0. The molecular weight excluding hydrogens is 514 g/mol. The van der Waals surface area contributed by atoms with Gasteiger partial charge in [-0.1, -0.05) is 127 Å². The second-order valence-electron chi connectivity index (χ2n) is 11.3. The number of hydrogen-bond donors (Lipinski definition) is 2. The number of benzene rings is 7. The van der Waals surface area contributed by atoms with E-state index in [9.17, 15) is 9.90 Å². The molecule has 0 heterocycles. The average molecular weight is 544 g/mol. The number of hydrogen-bond acceptors (Lipinski definition) is 2. The maximum Gasteiger partial charge on any atom is 0.321 e. The fourth-order valence-corrected chi connectivity index (χ4v) is 7.30. The summed E-state index contributed by atoms with van der Waals surface area (Å²) in [6.07, 6.45) is 0.430. The molecule has 8 rings (SSSR count). The van der Waals surface area contributed by atoms with Crippen molar-refractivity contribution in [1.82, 2.24) is 5.32 Å². The van der Waals surface area contributed by atoms with Crippen LogP contribution in [-0.2, 0) is 11.2 Å². The Hall–Kier alpha value is -4.99. The van der Waals surface area contributed by atoms with Gasteiger partial charge in [0.05, 0.1) is 0 Å². The minimum Gasteiger partial charge on any atom is -0.480 e. The van der Waals surface area contributed by atoms with Crippen LogP contribution in [0.5, 0.6) is 0 Å². The third kappa shape index (κ3) is 3.74. The number of nitrogens with one attached hydrogen (secondary N) is 1. The molecule has 0 unspecified atom stereocenters. The molecule has 2 N–H and O–H groups in total. The van der Waals surface area contributed by atoms with Crippen LogP contribution in [0.25, 0.3) is 54.2 Å². The number of rotatable bonds is 6. The molecule has 3 nitrogen and oxygen atoms in total. The summed E-state index contributed by atoms with van der Waals surface area (Å²) in [5, 5.41) is 23.7. The highest BCUT2D eigenvalue weighted by Gasteiger charge is 2.36. The van der Waals surface area contributed by atoms with Crippen LogP contribution in [0.1, 0.15) is 22.6 Å². The van der Waals surface area contributed by atoms with Crippen molar-refractivity contribution in [2.75, 3.05) is 6.54 Å². The summed E-state index contributed by atoms with van der Waals surface area (Å²) in [7, 11) is 0. The van der Waals surface area contributed by atoms with Crippen molar-refractivity contribution >= 4 is 49.1 Å². The maximum atomic E-state index is 12.5. The van der Waals surface area contributed by atoms with Gasteiger partial charge in [-0.15, -0.1) is 0 Å². The molecule has 0 spiro atoms. The average Bonchev–Trinajstić information content (AvgIpc) is 3.39. The molecule has 1 atom stereocenters. The van der Waals surface area contributed by atoms with Gasteiger partial charge in [-0.25, -0.2) is 0 Å². The fraction of sp³-hybridized carbons (Fsp3) is 0.103. The smallest absolute Gasteiger partial charge is 0.321 e. The molecule has 7 aromatic carbocycles. The Morgan fingerprint density at radius 2 is 0.929 bits per heavy atom. The Morgan fingerprint density at radius 3 is 1.38 bits per heavy atom. The third-order valence-corrected chi connectivity index (χ3v) is 9.04. The van der Waals surface area contributed by atoms with E-state index in [0.717, 1.165) is 5.56 Å². The maximum absolute atomic E-state index is 12.5. The Bertz CT molecular complexity index is 2040. The number of carboxylic acid groups (broad SMARTS) is 1. The highest BCUT2D eigenvalue weighted by Crippen LogP contribution is 2.56. The number of carboxylic acids is 1. The first-order chi connectivity index (χ1) is 20.7. The fourth-order valence-electron chi connectivity index (χ4n) is 7.30. The third-order valence-electron chi connectivity index (χ3n) is 9.04. The van der Waals surface area contributed by atoms with Crippen LogP contribution < -0.4 is 5.32 Å². The molecule has 0 fully saturated rings. The minimum atomic E-state index is -0.830. The van der Waals surface area contributed by atoms with E-state index in [-0.39, 0.29) is 5.92 Å². The summed E-state index contributed by atoms with van der Waals surface area (Å²) < 4.78 is 0. The molecule has 0 aromatic heterocycles. The molecule has 0 amide bonds. The predicted molar refractivity (Wildman–Crippen MR) is 173 cm³/mol. The molecule has 0 aliphatic heterocycles. The lowest BCUT2D eigenvalue weighted by atomic mass is 9.87. The standard InChI is InChI=1S/C39H29NO2/c41-39(42)34(22-24-12-2-1-3-13-24)40-23-33-35-29-18-8-4-14-25(29)27-16-6-10-20-31(27)37(35)38-32-21-11-7-17-28(32)26-15-5-9-19-30(26)36(33)38/h1-21,33-34,40H,22-23H2,(H,41,42)/t34-/m0/s1. The van der Waals surface area contributed by atoms with Gasteiger partial charge in [0.15, 0.2) is 0 Å². The van der Waals surface area contributed by atoms with Gasteiger partial charge < -0.3 is 10.4 Å². The van der Waals surface area contributed by atoms with Crippen LogP contribution >= 0.6 is 0 Å². The number of aliphatic carboxylic acids is 1. The summed E-state index contributed by atoms with van der Waals surface area (Å²) in [5.74, 6) is -0.847. The van der Waals surface area contributed by atoms with Gasteiger partial charge >= 0.3 is 5.97 Å². The van der Waals surface area contributed by atoms with Crippen molar-refractivity contribution in [3.05, 3.63) is 144 Å². The van der Waals surface area contributed by atoms with E-state index in [4.69, 9.17) is 0 Å². The van der Waals surface area contributed by atoms with Crippen LogP contribution in [0, 0.1) is 0 Å². The normalized spacial score (nSPS) is 13.5. The zero-order chi connectivity index (χ0) is 28.2. The van der Waals surface area contributed by atoms with E-state index in [0.29, 0.717) is 13.0 Å². The van der Waals surface area contributed by atoms with Crippen molar-refractivity contribution in [2.45, 2.75) is 18.4 Å². The van der Waals surface area contributed by atoms with E-state index in [2.05, 4.69) is 102 Å². The Balaban J connectivity index is 1.42. The van der Waals surface area contributed by atoms with Crippen molar-refractivity contribution in [2.24, 2.45) is 0 Å². The van der Waals surface area contributed by atoms with Crippen LogP contribution in [0.15, 0.2) is 127 Å². The molecular formula is C39H29NO2. The number of carbonyl (C=O) groups is 1. The van der Waals surface area contributed by atoms with E-state index in [1.165, 1.54) is 65.3 Å². The molecule has 0 radical (unpaired) electrons. The molecule has 1 aliphatic rings. The van der Waals surface area contributed by atoms with Crippen LogP contribution in [-0.4, -0.2) is 23.7 Å². The van der Waals surface area contributed by atoms with Gasteiger partial charge in [-0.3, -0.25) is 4.79 Å². The molecule has 0 saturated carbocycles. The van der Waals surface area contributed by atoms with Crippen molar-refractivity contribution < 1.29 is 9.90 Å². The Labute approximate surface area is 244 Å². The van der Waals surface area contributed by atoms with Crippen LogP contribution in [0.2, 0.25) is 0 Å². The SMILES string of the molecule is O=C(O)[C@H](Cc1ccccc1)NCC1c2c(c3ccccc3c3ccccc23)-c2c1c1ccccc1c1ccccc21. The van der Waals surface area contributed by atoms with E-state index in [1.54, 1.807) is 0 Å². The summed E-state index contributed by atoms with van der Waals surface area (Å²) in [6.45, 7) is 0.522. The Morgan fingerprint density at radius 1 is 0.548 bits per heavy atom. The zero-order valence-corrected chi connectivity index (χ0v) is 23.0. The van der Waals surface area contributed by atoms with Gasteiger partial charge in [-0.2, -0.15) is 0 Å². The van der Waals surface area contributed by atoms with Gasteiger partial charge in [0.2, 0.25) is 0 Å². The van der Waals surface area contributed by atoms with E-state index in [1.807, 2.05) is 30.3 Å². The first kappa shape index (κ1) is 24.8. The van der Waals surface area contributed by atoms with E-state index < -0.39 is 12.0 Å². The first-order valence-electron chi connectivity index (χ1n) is 14.6. The monoisotopic (exact) mass is 543 g/mol. The summed E-state index contributed by atoms with van der Waals surface area (Å²) in [5.41, 5.74) is 6.15. The van der Waals surface area contributed by atoms with Gasteiger partial charge in [0.25, 0.3) is 0 Å². The van der Waals surface area contributed by atoms with Gasteiger partial charge in [-0.05, 0) is 77.3 Å². The molecule has 0 bridgehead atoms. The lowest BCUT2D eigenvalue weighted by molar-refractivity contribution is -0.139. The lowest BCUT2D eigenvalue weighted by Gasteiger charge is -2.22. The summed E-state index contributed by atoms with van der Waals surface area (Å²) in [4.78, 5) is 12.5. The quantitative estimate of drug-likeness (QED) is 0.206. The first-order valence-corrected chi connectivity index (χ1v) is 14.6. The second kappa shape index (κ2) is 9.83. The molecule has 7 aromatic rings. The lowest BCUT2D eigenvalue weighted by Crippen LogP contribution is -2.40. The van der Waals surface area contributed by atoms with Crippen LogP contribution in [0.3, 0.4) is 0 Å². The molecule has 0 saturated heterocycles. The molecule has 202 valence electrons. The second-order valence-corrected chi connectivity index (χ2v) is 11.3. The van der Waals surface area contributed by atoms with Crippen LogP contribution in [0.4, 0.5) is 0 Å². The highest BCUT2D eigenvalue weighted by molar-refractivity contribution is 6.25. The number of fused-ring (bicyclic) bond motifs is 13. The summed E-state index contributed by atoms with van der Waals surface area (Å²) in [6, 6.07) is 44.0. The van der Waals surface area contributed by atoms with Gasteiger partial charge in [0.1, 0.15) is 6.04 Å². The predicted octanol–water partition coefficient (Wildman–Crippen LogP) is 8.70.